The fourth-order valence-corrected chi connectivity index (χ4v) is 3.81. The van der Waals surface area contributed by atoms with Gasteiger partial charge in [0.05, 0.1) is 23.4 Å². The Labute approximate surface area is 164 Å². The predicted molar refractivity (Wildman–Crippen MR) is 111 cm³/mol. The van der Waals surface area contributed by atoms with Crippen molar-refractivity contribution in [2.45, 2.75) is 38.3 Å². The standard InChI is InChI=1S/C23H25N3O2/c1-2-28-18-11-7-15(8-12-18)22-14-20(19-5-3-4-6-21(19)26-22)23(27)25-17-10-9-16(24)13-17/h3-8,11-12,14,16-17H,2,9-10,13,24H2,1H3,(H,25,27)/t16?,17-/m0/s1. The first-order valence-electron chi connectivity index (χ1n) is 9.83. The van der Waals surface area contributed by atoms with Gasteiger partial charge in [0.2, 0.25) is 0 Å². The van der Waals surface area contributed by atoms with Gasteiger partial charge in [0.15, 0.2) is 0 Å². The molecule has 1 fully saturated rings. The Morgan fingerprint density at radius 1 is 1.18 bits per heavy atom. The first kappa shape index (κ1) is 18.4. The number of carbonyl (C=O) groups is 1. The average Bonchev–Trinajstić information content (AvgIpc) is 3.12. The van der Waals surface area contributed by atoms with Crippen molar-refractivity contribution in [3.05, 3.63) is 60.2 Å². The number of rotatable bonds is 5. The number of para-hydroxylation sites is 1. The molecule has 5 heteroatoms. The molecule has 1 saturated carbocycles. The Bertz CT molecular complexity index is 985. The van der Waals surface area contributed by atoms with Crippen LogP contribution in [0.1, 0.15) is 36.5 Å². The molecule has 1 aromatic heterocycles. The Kier molecular flexibility index (Phi) is 5.26. The number of nitrogens with two attached hydrogens (primary N) is 1. The molecule has 3 aromatic rings. The van der Waals surface area contributed by atoms with Gasteiger partial charge >= 0.3 is 0 Å². The fraction of sp³-hybridized carbons (Fsp3) is 0.304. The summed E-state index contributed by atoms with van der Waals surface area (Å²) >= 11 is 0. The molecular weight excluding hydrogens is 350 g/mol. The van der Waals surface area contributed by atoms with E-state index in [0.717, 1.165) is 47.2 Å². The van der Waals surface area contributed by atoms with Crippen molar-refractivity contribution < 1.29 is 9.53 Å². The molecule has 0 aliphatic heterocycles. The molecule has 1 aliphatic carbocycles. The number of fused-ring (bicyclic) bond motifs is 1. The van der Waals surface area contributed by atoms with Gasteiger partial charge in [-0.15, -0.1) is 0 Å². The second-order valence-corrected chi connectivity index (χ2v) is 7.27. The van der Waals surface area contributed by atoms with Crippen LogP contribution in [-0.2, 0) is 0 Å². The van der Waals surface area contributed by atoms with Crippen LogP contribution >= 0.6 is 0 Å². The Hall–Kier alpha value is -2.92. The van der Waals surface area contributed by atoms with Crippen LogP contribution in [-0.4, -0.2) is 29.6 Å². The van der Waals surface area contributed by atoms with Gasteiger partial charge in [-0.25, -0.2) is 4.98 Å². The largest absolute Gasteiger partial charge is 0.494 e. The van der Waals surface area contributed by atoms with Crippen molar-refractivity contribution in [3.63, 3.8) is 0 Å². The van der Waals surface area contributed by atoms with Crippen LogP contribution in [0.15, 0.2) is 54.6 Å². The summed E-state index contributed by atoms with van der Waals surface area (Å²) in [5.41, 5.74) is 9.17. The van der Waals surface area contributed by atoms with E-state index in [9.17, 15) is 4.79 Å². The number of nitrogens with one attached hydrogen (secondary N) is 1. The highest BCUT2D eigenvalue weighted by Gasteiger charge is 2.24. The molecule has 1 amide bonds. The Morgan fingerprint density at radius 3 is 2.68 bits per heavy atom. The molecule has 0 saturated heterocycles. The number of pyridine rings is 1. The van der Waals surface area contributed by atoms with Crippen LogP contribution < -0.4 is 15.8 Å². The van der Waals surface area contributed by atoms with Crippen molar-refractivity contribution in [2.75, 3.05) is 6.61 Å². The summed E-state index contributed by atoms with van der Waals surface area (Å²) < 4.78 is 5.52. The topological polar surface area (TPSA) is 77.2 Å². The molecule has 1 heterocycles. The highest BCUT2D eigenvalue weighted by molar-refractivity contribution is 6.07. The number of hydrogen-bond donors (Lipinski definition) is 2. The molecule has 1 unspecified atom stereocenters. The van der Waals surface area contributed by atoms with Crippen molar-refractivity contribution >= 4 is 16.8 Å². The number of aromatic nitrogens is 1. The van der Waals surface area contributed by atoms with Crippen LogP contribution in [0.4, 0.5) is 0 Å². The number of carbonyl (C=O) groups excluding carboxylic acids is 1. The van der Waals surface area contributed by atoms with Gasteiger partial charge in [-0.05, 0) is 62.6 Å². The van der Waals surface area contributed by atoms with Crippen LogP contribution in [0, 0.1) is 0 Å². The second-order valence-electron chi connectivity index (χ2n) is 7.27. The molecule has 2 aromatic carbocycles. The number of amides is 1. The van der Waals surface area contributed by atoms with Crippen LogP contribution in [0.3, 0.4) is 0 Å². The Balaban J connectivity index is 1.69. The third kappa shape index (κ3) is 3.85. The van der Waals surface area contributed by atoms with Gasteiger partial charge in [0.25, 0.3) is 5.91 Å². The predicted octanol–water partition coefficient (Wildman–Crippen LogP) is 3.91. The molecule has 4 rings (SSSR count). The monoisotopic (exact) mass is 375 g/mol. The van der Waals surface area contributed by atoms with Gasteiger partial charge in [-0.3, -0.25) is 4.79 Å². The Morgan fingerprint density at radius 2 is 1.96 bits per heavy atom. The molecule has 2 atom stereocenters. The fourth-order valence-electron chi connectivity index (χ4n) is 3.81. The number of ether oxygens (including phenoxy) is 1. The minimum absolute atomic E-state index is 0.0649. The lowest BCUT2D eigenvalue weighted by Gasteiger charge is -2.15. The zero-order chi connectivity index (χ0) is 19.5. The minimum Gasteiger partial charge on any atom is -0.494 e. The molecular formula is C23H25N3O2. The molecule has 28 heavy (non-hydrogen) atoms. The van der Waals surface area contributed by atoms with Gasteiger partial charge in [0, 0.05) is 23.0 Å². The molecule has 3 N–H and O–H groups in total. The van der Waals surface area contributed by atoms with E-state index in [1.165, 1.54) is 0 Å². The maximum atomic E-state index is 13.0. The summed E-state index contributed by atoms with van der Waals surface area (Å²) in [7, 11) is 0. The molecule has 0 radical (unpaired) electrons. The number of hydrogen-bond acceptors (Lipinski definition) is 4. The lowest BCUT2D eigenvalue weighted by atomic mass is 10.0. The zero-order valence-corrected chi connectivity index (χ0v) is 16.0. The van der Waals surface area contributed by atoms with Crippen molar-refractivity contribution in [2.24, 2.45) is 5.73 Å². The van der Waals surface area contributed by atoms with E-state index in [4.69, 9.17) is 15.5 Å². The minimum atomic E-state index is -0.0649. The summed E-state index contributed by atoms with van der Waals surface area (Å²) in [6, 6.07) is 17.8. The van der Waals surface area contributed by atoms with Crippen LogP contribution in [0.2, 0.25) is 0 Å². The lowest BCUT2D eigenvalue weighted by Crippen LogP contribution is -2.34. The van der Waals surface area contributed by atoms with Gasteiger partial charge in [0.1, 0.15) is 5.75 Å². The summed E-state index contributed by atoms with van der Waals surface area (Å²) in [4.78, 5) is 17.8. The highest BCUT2D eigenvalue weighted by Crippen LogP contribution is 2.27. The molecule has 0 bridgehead atoms. The van der Waals surface area contributed by atoms with Crippen molar-refractivity contribution in [3.8, 4) is 17.0 Å². The maximum absolute atomic E-state index is 13.0. The zero-order valence-electron chi connectivity index (χ0n) is 16.0. The first-order chi connectivity index (χ1) is 13.6. The quantitative estimate of drug-likeness (QED) is 0.709. The average molecular weight is 375 g/mol. The normalized spacial score (nSPS) is 18.9. The third-order valence-corrected chi connectivity index (χ3v) is 5.23. The lowest BCUT2D eigenvalue weighted by molar-refractivity contribution is 0.0939. The number of nitrogens with zero attached hydrogens (tertiary/aromatic N) is 1. The van der Waals surface area contributed by atoms with E-state index in [1.807, 2.05) is 61.5 Å². The molecule has 5 nitrogen and oxygen atoms in total. The molecule has 0 spiro atoms. The van der Waals surface area contributed by atoms with Crippen LogP contribution in [0.25, 0.3) is 22.2 Å². The van der Waals surface area contributed by atoms with E-state index in [0.29, 0.717) is 12.2 Å². The van der Waals surface area contributed by atoms with Gasteiger partial charge < -0.3 is 15.8 Å². The van der Waals surface area contributed by atoms with E-state index in [2.05, 4.69) is 5.32 Å². The second kappa shape index (κ2) is 7.98. The van der Waals surface area contributed by atoms with Gasteiger partial charge in [-0.1, -0.05) is 18.2 Å². The van der Waals surface area contributed by atoms with E-state index >= 15 is 0 Å². The summed E-state index contributed by atoms with van der Waals surface area (Å²) in [6.07, 6.45) is 2.72. The highest BCUT2D eigenvalue weighted by atomic mass is 16.5. The number of benzene rings is 2. The van der Waals surface area contributed by atoms with Crippen LogP contribution in [0.5, 0.6) is 5.75 Å². The summed E-state index contributed by atoms with van der Waals surface area (Å²) in [6.45, 7) is 2.59. The van der Waals surface area contributed by atoms with Crippen molar-refractivity contribution in [1.29, 1.82) is 0 Å². The smallest absolute Gasteiger partial charge is 0.252 e. The van der Waals surface area contributed by atoms with E-state index in [-0.39, 0.29) is 18.0 Å². The molecule has 1 aliphatic rings. The third-order valence-electron chi connectivity index (χ3n) is 5.23. The van der Waals surface area contributed by atoms with Crippen molar-refractivity contribution in [1.82, 2.24) is 10.3 Å². The SMILES string of the molecule is CCOc1ccc(-c2cc(C(=O)N[C@H]3CCC(N)C3)c3ccccc3n2)cc1. The summed E-state index contributed by atoms with van der Waals surface area (Å²) in [5.74, 6) is 0.757. The first-order valence-corrected chi connectivity index (χ1v) is 9.83. The van der Waals surface area contributed by atoms with E-state index < -0.39 is 0 Å². The van der Waals surface area contributed by atoms with Gasteiger partial charge in [-0.2, -0.15) is 0 Å². The maximum Gasteiger partial charge on any atom is 0.252 e. The summed E-state index contributed by atoms with van der Waals surface area (Å²) in [5, 5.41) is 4.01. The molecule has 144 valence electrons. The van der Waals surface area contributed by atoms with E-state index in [1.54, 1.807) is 0 Å².